The first-order valence-electron chi connectivity index (χ1n) is 5.32. The molecule has 0 aliphatic heterocycles. The van der Waals surface area contributed by atoms with E-state index in [-0.39, 0.29) is 11.6 Å². The summed E-state index contributed by atoms with van der Waals surface area (Å²) in [4.78, 5) is 13.7. The Bertz CT molecular complexity index is 409. The third-order valence-corrected chi connectivity index (χ3v) is 3.25. The standard InChI is InChI=1S/C12H16BrFN2O/c1-8(16(2)3)7-15-12(17)9-5-4-6-10(13)11(9)14/h4-6,8H,7H2,1-3H3,(H,15,17). The maximum atomic E-state index is 13.6. The molecule has 0 bridgehead atoms. The Morgan fingerprint density at radius 3 is 2.76 bits per heavy atom. The average molecular weight is 303 g/mol. The highest BCUT2D eigenvalue weighted by atomic mass is 79.9. The van der Waals surface area contributed by atoms with E-state index >= 15 is 0 Å². The van der Waals surface area contributed by atoms with Gasteiger partial charge >= 0.3 is 0 Å². The minimum atomic E-state index is -0.525. The lowest BCUT2D eigenvalue weighted by Gasteiger charge is -2.20. The van der Waals surface area contributed by atoms with Gasteiger partial charge in [0, 0.05) is 12.6 Å². The van der Waals surface area contributed by atoms with E-state index in [1.165, 1.54) is 6.07 Å². The van der Waals surface area contributed by atoms with Gasteiger partial charge in [0.25, 0.3) is 5.91 Å². The Labute approximate surface area is 109 Å². The molecule has 0 fully saturated rings. The summed E-state index contributed by atoms with van der Waals surface area (Å²) in [6.07, 6.45) is 0. The molecule has 5 heteroatoms. The van der Waals surface area contributed by atoms with Crippen molar-refractivity contribution in [1.29, 1.82) is 0 Å². The van der Waals surface area contributed by atoms with E-state index in [9.17, 15) is 9.18 Å². The number of halogens is 2. The van der Waals surface area contributed by atoms with E-state index in [2.05, 4.69) is 21.2 Å². The summed E-state index contributed by atoms with van der Waals surface area (Å²) in [6, 6.07) is 4.87. The first-order valence-corrected chi connectivity index (χ1v) is 6.11. The lowest BCUT2D eigenvalue weighted by Crippen LogP contribution is -2.38. The summed E-state index contributed by atoms with van der Waals surface area (Å²) in [5, 5.41) is 2.71. The third-order valence-electron chi connectivity index (χ3n) is 2.64. The van der Waals surface area contributed by atoms with Crippen molar-refractivity contribution in [2.45, 2.75) is 13.0 Å². The molecule has 3 nitrogen and oxygen atoms in total. The molecule has 0 aliphatic carbocycles. The minimum Gasteiger partial charge on any atom is -0.350 e. The van der Waals surface area contributed by atoms with Gasteiger partial charge in [-0.15, -0.1) is 0 Å². The van der Waals surface area contributed by atoms with Gasteiger partial charge in [-0.2, -0.15) is 0 Å². The number of likely N-dealkylation sites (N-methyl/N-ethyl adjacent to an activating group) is 1. The second-order valence-electron chi connectivity index (χ2n) is 4.12. The molecule has 1 aromatic carbocycles. The summed E-state index contributed by atoms with van der Waals surface area (Å²) in [5.74, 6) is -0.917. The van der Waals surface area contributed by atoms with Crippen LogP contribution in [0.25, 0.3) is 0 Å². The number of amides is 1. The van der Waals surface area contributed by atoms with Crippen molar-refractivity contribution in [3.8, 4) is 0 Å². The second-order valence-corrected chi connectivity index (χ2v) is 4.98. The normalized spacial score (nSPS) is 12.6. The molecule has 1 aromatic rings. The monoisotopic (exact) mass is 302 g/mol. The minimum absolute atomic E-state index is 0.0605. The first kappa shape index (κ1) is 14.1. The zero-order valence-corrected chi connectivity index (χ0v) is 11.7. The predicted molar refractivity (Wildman–Crippen MR) is 69.6 cm³/mol. The topological polar surface area (TPSA) is 32.3 Å². The molecule has 0 aliphatic rings. The van der Waals surface area contributed by atoms with Crippen LogP contribution in [0.2, 0.25) is 0 Å². The Hall–Kier alpha value is -0.940. The molecule has 0 heterocycles. The third kappa shape index (κ3) is 3.78. The van der Waals surface area contributed by atoms with Gasteiger partial charge in [-0.25, -0.2) is 4.39 Å². The van der Waals surface area contributed by atoms with Gasteiger partial charge < -0.3 is 10.2 Å². The molecule has 0 spiro atoms. The molecular formula is C12H16BrFN2O. The van der Waals surface area contributed by atoms with Gasteiger partial charge in [-0.1, -0.05) is 6.07 Å². The lowest BCUT2D eigenvalue weighted by atomic mass is 10.2. The van der Waals surface area contributed by atoms with Crippen LogP contribution in [0.3, 0.4) is 0 Å². The Balaban J connectivity index is 2.68. The van der Waals surface area contributed by atoms with Gasteiger partial charge in [0.05, 0.1) is 10.0 Å². The maximum absolute atomic E-state index is 13.6. The number of carbonyl (C=O) groups excluding carboxylic acids is 1. The predicted octanol–water partition coefficient (Wildman–Crippen LogP) is 2.27. The van der Waals surface area contributed by atoms with Crippen LogP contribution in [-0.4, -0.2) is 37.5 Å². The van der Waals surface area contributed by atoms with E-state index in [4.69, 9.17) is 0 Å². The molecular weight excluding hydrogens is 287 g/mol. The van der Waals surface area contributed by atoms with Crippen LogP contribution in [0.15, 0.2) is 22.7 Å². The molecule has 1 rings (SSSR count). The smallest absolute Gasteiger partial charge is 0.254 e. The summed E-state index contributed by atoms with van der Waals surface area (Å²) in [5.41, 5.74) is 0.0605. The fraction of sp³-hybridized carbons (Fsp3) is 0.417. The van der Waals surface area contributed by atoms with Crippen LogP contribution in [0.4, 0.5) is 4.39 Å². The van der Waals surface area contributed by atoms with Crippen LogP contribution in [-0.2, 0) is 0 Å². The van der Waals surface area contributed by atoms with Crippen molar-refractivity contribution in [3.05, 3.63) is 34.1 Å². The van der Waals surface area contributed by atoms with Gasteiger partial charge in [-0.3, -0.25) is 4.79 Å². The summed E-state index contributed by atoms with van der Waals surface area (Å²) < 4.78 is 13.9. The number of rotatable bonds is 4. The molecule has 0 radical (unpaired) electrons. The van der Waals surface area contributed by atoms with Crippen LogP contribution >= 0.6 is 15.9 Å². The molecule has 0 aromatic heterocycles. The van der Waals surface area contributed by atoms with Crippen molar-refractivity contribution in [1.82, 2.24) is 10.2 Å². The largest absolute Gasteiger partial charge is 0.350 e. The molecule has 0 saturated carbocycles. The van der Waals surface area contributed by atoms with E-state index in [1.807, 2.05) is 25.9 Å². The van der Waals surface area contributed by atoms with Crippen molar-refractivity contribution >= 4 is 21.8 Å². The van der Waals surface area contributed by atoms with E-state index in [1.54, 1.807) is 12.1 Å². The van der Waals surface area contributed by atoms with Crippen molar-refractivity contribution in [2.75, 3.05) is 20.6 Å². The summed E-state index contributed by atoms with van der Waals surface area (Å²) in [6.45, 7) is 2.47. The number of hydrogen-bond acceptors (Lipinski definition) is 2. The maximum Gasteiger partial charge on any atom is 0.254 e. The zero-order valence-electron chi connectivity index (χ0n) is 10.1. The number of nitrogens with zero attached hydrogens (tertiary/aromatic N) is 1. The van der Waals surface area contributed by atoms with Gasteiger partial charge in [0.1, 0.15) is 5.82 Å². The second kappa shape index (κ2) is 6.12. The van der Waals surface area contributed by atoms with E-state index in [0.29, 0.717) is 11.0 Å². The van der Waals surface area contributed by atoms with Gasteiger partial charge in [-0.05, 0) is 49.1 Å². The molecule has 1 atom stereocenters. The fourth-order valence-electron chi connectivity index (χ4n) is 1.20. The zero-order chi connectivity index (χ0) is 13.0. The SMILES string of the molecule is CC(CNC(=O)c1cccc(Br)c1F)N(C)C. The van der Waals surface area contributed by atoms with Gasteiger partial charge in [0.15, 0.2) is 0 Å². The Morgan fingerprint density at radius 1 is 1.53 bits per heavy atom. The van der Waals surface area contributed by atoms with Crippen LogP contribution in [0.5, 0.6) is 0 Å². The quantitative estimate of drug-likeness (QED) is 0.925. The van der Waals surface area contributed by atoms with Crippen molar-refractivity contribution in [2.24, 2.45) is 0 Å². The highest BCUT2D eigenvalue weighted by molar-refractivity contribution is 9.10. The molecule has 0 saturated heterocycles. The number of nitrogens with one attached hydrogen (secondary N) is 1. The van der Waals surface area contributed by atoms with Crippen LogP contribution in [0, 0.1) is 5.82 Å². The Morgan fingerprint density at radius 2 is 2.18 bits per heavy atom. The summed E-state index contributed by atoms with van der Waals surface area (Å²) >= 11 is 3.05. The number of carbonyl (C=O) groups is 1. The average Bonchev–Trinajstić information content (AvgIpc) is 2.29. The van der Waals surface area contributed by atoms with E-state index < -0.39 is 11.7 Å². The number of benzene rings is 1. The molecule has 1 unspecified atom stereocenters. The van der Waals surface area contributed by atoms with E-state index in [0.717, 1.165) is 0 Å². The van der Waals surface area contributed by atoms with Crippen molar-refractivity contribution < 1.29 is 9.18 Å². The molecule has 1 amide bonds. The molecule has 17 heavy (non-hydrogen) atoms. The van der Waals surface area contributed by atoms with Crippen molar-refractivity contribution in [3.63, 3.8) is 0 Å². The number of hydrogen-bond donors (Lipinski definition) is 1. The Kier molecular flexibility index (Phi) is 5.08. The van der Waals surface area contributed by atoms with Crippen LogP contribution in [0.1, 0.15) is 17.3 Å². The summed E-state index contributed by atoms with van der Waals surface area (Å²) in [7, 11) is 3.85. The van der Waals surface area contributed by atoms with Gasteiger partial charge in [0.2, 0.25) is 0 Å². The molecule has 94 valence electrons. The highest BCUT2D eigenvalue weighted by Gasteiger charge is 2.14. The highest BCUT2D eigenvalue weighted by Crippen LogP contribution is 2.18. The van der Waals surface area contributed by atoms with Crippen LogP contribution < -0.4 is 5.32 Å². The first-order chi connectivity index (χ1) is 7.93. The molecule has 1 N–H and O–H groups in total. The lowest BCUT2D eigenvalue weighted by molar-refractivity contribution is 0.0939. The fourth-order valence-corrected chi connectivity index (χ4v) is 1.56.